The molecule has 3 rings (SSSR count). The first-order valence-corrected chi connectivity index (χ1v) is 5.85. The van der Waals surface area contributed by atoms with Gasteiger partial charge in [-0.2, -0.15) is 0 Å². The molecule has 2 nitrogen and oxygen atoms in total. The molecule has 2 aliphatic rings. The monoisotopic (exact) mass is 260 g/mol. The number of fused-ring (bicyclic) bond motifs is 1. The molecule has 2 aliphatic heterocycles. The highest BCUT2D eigenvalue weighted by molar-refractivity contribution is 5.28. The van der Waals surface area contributed by atoms with E-state index in [1.807, 2.05) is 4.90 Å². The highest BCUT2D eigenvalue weighted by Gasteiger charge is 2.39. The molecule has 0 aromatic heterocycles. The standard InChI is InChI=1S/C12H12F4N2/c13-8-2-9(14)12(16)10(11(8)15)6-1-7-3-17-5-18(7)4-6/h2,6-7,17H,1,3-5H2/t6-,7?/m0/s1. The van der Waals surface area contributed by atoms with Crippen molar-refractivity contribution in [3.05, 3.63) is 34.9 Å². The van der Waals surface area contributed by atoms with Gasteiger partial charge in [0.1, 0.15) is 0 Å². The molecule has 0 bridgehead atoms. The Morgan fingerprint density at radius 3 is 2.39 bits per heavy atom. The quantitative estimate of drug-likeness (QED) is 0.613. The summed E-state index contributed by atoms with van der Waals surface area (Å²) in [5.41, 5.74) is -0.443. The van der Waals surface area contributed by atoms with Gasteiger partial charge in [-0.25, -0.2) is 17.6 Å². The molecule has 0 saturated carbocycles. The zero-order valence-electron chi connectivity index (χ0n) is 9.52. The predicted octanol–water partition coefficient (Wildman–Crippen LogP) is 1.96. The third kappa shape index (κ3) is 1.71. The summed E-state index contributed by atoms with van der Waals surface area (Å²) in [6.45, 7) is 1.83. The van der Waals surface area contributed by atoms with Crippen LogP contribution in [0.25, 0.3) is 0 Å². The van der Waals surface area contributed by atoms with E-state index in [-0.39, 0.29) is 12.1 Å². The van der Waals surface area contributed by atoms with Crippen LogP contribution in [-0.2, 0) is 0 Å². The van der Waals surface area contributed by atoms with Crippen molar-refractivity contribution in [2.45, 2.75) is 18.4 Å². The average molecular weight is 260 g/mol. The lowest BCUT2D eigenvalue weighted by Gasteiger charge is -2.15. The number of nitrogens with zero attached hydrogens (tertiary/aromatic N) is 1. The fourth-order valence-electron chi connectivity index (χ4n) is 2.92. The van der Waals surface area contributed by atoms with Gasteiger partial charge in [-0.05, 0) is 6.42 Å². The van der Waals surface area contributed by atoms with Gasteiger partial charge in [0.25, 0.3) is 0 Å². The number of nitrogens with one attached hydrogen (secondary N) is 1. The number of hydrogen-bond donors (Lipinski definition) is 1. The van der Waals surface area contributed by atoms with Crippen LogP contribution < -0.4 is 5.32 Å². The van der Waals surface area contributed by atoms with Crippen LogP contribution in [0.15, 0.2) is 6.07 Å². The zero-order chi connectivity index (χ0) is 12.9. The summed E-state index contributed by atoms with van der Waals surface area (Å²) >= 11 is 0. The van der Waals surface area contributed by atoms with E-state index in [0.29, 0.717) is 19.6 Å². The average Bonchev–Trinajstić information content (AvgIpc) is 2.87. The Hall–Kier alpha value is -1.14. The smallest absolute Gasteiger partial charge is 0.165 e. The molecule has 6 heteroatoms. The van der Waals surface area contributed by atoms with Gasteiger partial charge in [0.05, 0.1) is 0 Å². The summed E-state index contributed by atoms with van der Waals surface area (Å²) in [4.78, 5) is 2.03. The predicted molar refractivity (Wildman–Crippen MR) is 57.0 cm³/mol. The molecule has 2 saturated heterocycles. The Kier molecular flexibility index (Phi) is 2.79. The minimum Gasteiger partial charge on any atom is -0.303 e. The topological polar surface area (TPSA) is 15.3 Å². The van der Waals surface area contributed by atoms with E-state index in [4.69, 9.17) is 0 Å². The van der Waals surface area contributed by atoms with E-state index < -0.39 is 34.8 Å². The van der Waals surface area contributed by atoms with Crippen LogP contribution in [0.2, 0.25) is 0 Å². The largest absolute Gasteiger partial charge is 0.303 e. The Balaban J connectivity index is 1.98. The summed E-state index contributed by atoms with van der Waals surface area (Å²) in [6, 6.07) is 0.450. The molecule has 0 amide bonds. The van der Waals surface area contributed by atoms with Gasteiger partial charge in [-0.15, -0.1) is 0 Å². The van der Waals surface area contributed by atoms with Gasteiger partial charge >= 0.3 is 0 Å². The molecule has 2 fully saturated rings. The van der Waals surface area contributed by atoms with Crippen molar-refractivity contribution in [3.8, 4) is 0 Å². The fraction of sp³-hybridized carbons (Fsp3) is 0.500. The lowest BCUT2D eigenvalue weighted by atomic mass is 9.94. The highest BCUT2D eigenvalue weighted by atomic mass is 19.2. The van der Waals surface area contributed by atoms with Crippen molar-refractivity contribution < 1.29 is 17.6 Å². The van der Waals surface area contributed by atoms with Crippen molar-refractivity contribution in [2.24, 2.45) is 0 Å². The van der Waals surface area contributed by atoms with Crippen LogP contribution in [0.1, 0.15) is 17.9 Å². The van der Waals surface area contributed by atoms with E-state index >= 15 is 0 Å². The van der Waals surface area contributed by atoms with Gasteiger partial charge < -0.3 is 5.32 Å². The van der Waals surface area contributed by atoms with Gasteiger partial charge in [0.15, 0.2) is 23.3 Å². The Bertz CT molecular complexity index is 453. The Morgan fingerprint density at radius 2 is 1.78 bits per heavy atom. The summed E-state index contributed by atoms with van der Waals surface area (Å²) in [6.07, 6.45) is 0.518. The first-order valence-electron chi connectivity index (χ1n) is 5.85. The van der Waals surface area contributed by atoms with Crippen LogP contribution in [0.5, 0.6) is 0 Å². The van der Waals surface area contributed by atoms with Gasteiger partial charge in [0.2, 0.25) is 0 Å². The third-order valence-electron chi connectivity index (χ3n) is 3.78. The third-order valence-corrected chi connectivity index (χ3v) is 3.78. The molecule has 0 aliphatic carbocycles. The maximum absolute atomic E-state index is 13.7. The normalized spacial score (nSPS) is 27.8. The molecular weight excluding hydrogens is 248 g/mol. The SMILES string of the molecule is Fc1cc(F)c(F)c([C@H]2CC3CNCN3C2)c1F. The Labute approximate surface area is 102 Å². The summed E-state index contributed by atoms with van der Waals surface area (Å²) in [7, 11) is 0. The van der Waals surface area contributed by atoms with Gasteiger partial charge in [-0.3, -0.25) is 4.90 Å². The van der Waals surface area contributed by atoms with Gasteiger partial charge in [-0.1, -0.05) is 0 Å². The minimum atomic E-state index is -1.32. The molecule has 1 unspecified atom stereocenters. The Morgan fingerprint density at radius 1 is 1.11 bits per heavy atom. The van der Waals surface area contributed by atoms with E-state index in [0.717, 1.165) is 6.54 Å². The van der Waals surface area contributed by atoms with Crippen molar-refractivity contribution in [1.29, 1.82) is 0 Å². The second-order valence-electron chi connectivity index (χ2n) is 4.85. The highest BCUT2D eigenvalue weighted by Crippen LogP contribution is 2.36. The number of rotatable bonds is 1. The van der Waals surface area contributed by atoms with Crippen LogP contribution in [0.4, 0.5) is 17.6 Å². The fourth-order valence-corrected chi connectivity index (χ4v) is 2.92. The molecule has 0 radical (unpaired) electrons. The van der Waals surface area contributed by atoms with Crippen molar-refractivity contribution in [1.82, 2.24) is 10.2 Å². The van der Waals surface area contributed by atoms with Crippen LogP contribution in [0.3, 0.4) is 0 Å². The maximum atomic E-state index is 13.7. The van der Waals surface area contributed by atoms with Crippen molar-refractivity contribution in [3.63, 3.8) is 0 Å². The van der Waals surface area contributed by atoms with Crippen LogP contribution in [0, 0.1) is 23.3 Å². The molecule has 98 valence electrons. The zero-order valence-corrected chi connectivity index (χ0v) is 9.52. The minimum absolute atomic E-state index is 0.195. The number of hydrogen-bond acceptors (Lipinski definition) is 2. The molecule has 2 heterocycles. The van der Waals surface area contributed by atoms with E-state index in [1.165, 1.54) is 0 Å². The van der Waals surface area contributed by atoms with E-state index in [9.17, 15) is 17.6 Å². The first kappa shape index (κ1) is 11.9. The lowest BCUT2D eigenvalue weighted by molar-refractivity contribution is 0.322. The molecule has 1 aromatic carbocycles. The number of halogens is 4. The van der Waals surface area contributed by atoms with Crippen LogP contribution >= 0.6 is 0 Å². The summed E-state index contributed by atoms with van der Waals surface area (Å²) < 4.78 is 53.6. The molecular formula is C12H12F4N2. The number of benzene rings is 1. The van der Waals surface area contributed by atoms with E-state index in [1.54, 1.807) is 0 Å². The molecule has 1 N–H and O–H groups in total. The summed E-state index contributed by atoms with van der Waals surface area (Å²) in [5, 5.41) is 3.14. The molecule has 0 spiro atoms. The van der Waals surface area contributed by atoms with Crippen molar-refractivity contribution >= 4 is 0 Å². The second-order valence-corrected chi connectivity index (χ2v) is 4.85. The maximum Gasteiger partial charge on any atom is 0.165 e. The first-order chi connectivity index (χ1) is 8.58. The lowest BCUT2D eigenvalue weighted by Crippen LogP contribution is -2.24. The second kappa shape index (κ2) is 4.20. The molecule has 2 atom stereocenters. The van der Waals surface area contributed by atoms with Crippen LogP contribution in [-0.4, -0.2) is 30.7 Å². The van der Waals surface area contributed by atoms with Crippen molar-refractivity contribution in [2.75, 3.05) is 19.8 Å². The molecule has 1 aromatic rings. The van der Waals surface area contributed by atoms with Gasteiger partial charge in [0, 0.05) is 43.3 Å². The van der Waals surface area contributed by atoms with E-state index in [2.05, 4.69) is 5.32 Å². The molecule has 18 heavy (non-hydrogen) atoms. The summed E-state index contributed by atoms with van der Waals surface area (Å²) in [5.74, 6) is -5.65.